The van der Waals surface area contributed by atoms with Crippen LogP contribution in [0.25, 0.3) is 0 Å². The van der Waals surface area contributed by atoms with Crippen LogP contribution in [0.3, 0.4) is 0 Å². The first-order valence-electron chi connectivity index (χ1n) is 1.77. The molecule has 0 spiro atoms. The van der Waals surface area contributed by atoms with E-state index in [0.717, 1.165) is 0 Å². The van der Waals surface area contributed by atoms with Crippen molar-refractivity contribution in [2.45, 2.75) is 0 Å². The first-order valence-corrected chi connectivity index (χ1v) is 1.77. The molecule has 0 aliphatic carbocycles. The van der Waals surface area contributed by atoms with Gasteiger partial charge in [0, 0.05) is 63.5 Å². The zero-order valence-corrected chi connectivity index (χ0v) is 7.99. The average Bonchev–Trinajstić information content (AvgIpc) is 1.61. The van der Waals surface area contributed by atoms with Crippen LogP contribution in [0.15, 0.2) is 12.2 Å². The Morgan fingerprint density at radius 2 is 1.22 bits per heavy atom. The van der Waals surface area contributed by atoms with Gasteiger partial charge in [0.05, 0.1) is 0 Å². The molecule has 0 fully saturated rings. The molecule has 0 saturated heterocycles. The Morgan fingerprint density at radius 3 is 1.33 bits per heavy atom. The molecule has 0 atom stereocenters. The maximum absolute atomic E-state index is 9.55. The quantitative estimate of drug-likeness (QED) is 0.409. The summed E-state index contributed by atoms with van der Waals surface area (Å²) >= 11 is 0. The van der Waals surface area contributed by atoms with E-state index in [0.29, 0.717) is 12.2 Å². The predicted molar refractivity (Wildman–Crippen MR) is 30.2 cm³/mol. The monoisotopic (exact) mass is 155 g/mol. The minimum absolute atomic E-state index is 0. The number of rotatable bonds is 2. The molecule has 0 bridgehead atoms. The fourth-order valence-electron chi connectivity index (χ4n) is 0.143. The van der Waals surface area contributed by atoms with E-state index in [4.69, 9.17) is 10.2 Å². The van der Waals surface area contributed by atoms with Crippen LogP contribution >= 0.6 is 0 Å². The molecule has 0 aromatic heterocycles. The van der Waals surface area contributed by atoms with Crippen molar-refractivity contribution in [2.75, 3.05) is 0 Å². The van der Waals surface area contributed by atoms with Gasteiger partial charge in [0.1, 0.15) is 0 Å². The largest absolute Gasteiger partial charge is 0.478 e. The Labute approximate surface area is 94.0 Å². The van der Waals surface area contributed by atoms with E-state index >= 15 is 0 Å². The van der Waals surface area contributed by atoms with Crippen molar-refractivity contribution in [3.8, 4) is 0 Å². The van der Waals surface area contributed by atoms with Gasteiger partial charge in [-0.3, -0.25) is 0 Å². The Bertz CT molecular complexity index is 124. The summed E-state index contributed by atoms with van der Waals surface area (Å²) in [4.78, 5) is 19.1. The molecule has 45 valence electrons. The van der Waals surface area contributed by atoms with Crippen molar-refractivity contribution in [1.82, 2.24) is 0 Å². The van der Waals surface area contributed by atoms with E-state index < -0.39 is 11.9 Å². The smallest absolute Gasteiger partial charge is 0.328 e. The van der Waals surface area contributed by atoms with E-state index in [1.807, 2.05) is 0 Å². The molecule has 0 saturated carbocycles. The minimum Gasteiger partial charge on any atom is -0.478 e. The second kappa shape index (κ2) is 6.44. The van der Waals surface area contributed by atoms with Crippen LogP contribution in [-0.4, -0.2) is 73.5 Å². The first kappa shape index (κ1) is 12.0. The molecular formula is C4H4KO4. The number of aliphatic carboxylic acids is 2. The summed E-state index contributed by atoms with van der Waals surface area (Å²) in [6, 6.07) is 0. The van der Waals surface area contributed by atoms with Crippen LogP contribution < -0.4 is 0 Å². The van der Waals surface area contributed by atoms with Gasteiger partial charge in [0.2, 0.25) is 0 Å². The molecule has 2 N–H and O–H groups in total. The third-order valence-corrected chi connectivity index (χ3v) is 0.368. The Kier molecular flexibility index (Phi) is 8.61. The molecular weight excluding hydrogens is 151 g/mol. The van der Waals surface area contributed by atoms with Crippen molar-refractivity contribution in [1.29, 1.82) is 0 Å². The topological polar surface area (TPSA) is 74.6 Å². The van der Waals surface area contributed by atoms with Gasteiger partial charge in [-0.15, -0.1) is 0 Å². The fourth-order valence-corrected chi connectivity index (χ4v) is 0.143. The van der Waals surface area contributed by atoms with Crippen molar-refractivity contribution in [3.05, 3.63) is 12.2 Å². The van der Waals surface area contributed by atoms with E-state index in [9.17, 15) is 9.59 Å². The molecule has 4 nitrogen and oxygen atoms in total. The molecule has 0 amide bonds. The van der Waals surface area contributed by atoms with E-state index in [1.54, 1.807) is 0 Å². The van der Waals surface area contributed by atoms with Gasteiger partial charge in [-0.2, -0.15) is 0 Å². The molecule has 0 aromatic rings. The summed E-state index contributed by atoms with van der Waals surface area (Å²) in [5.41, 5.74) is 0. The molecule has 0 aromatic carbocycles. The normalized spacial score (nSPS) is 8.44. The maximum Gasteiger partial charge on any atom is 0.328 e. The second-order valence-corrected chi connectivity index (χ2v) is 1.01. The van der Waals surface area contributed by atoms with E-state index in [2.05, 4.69) is 0 Å². The summed E-state index contributed by atoms with van der Waals surface area (Å²) < 4.78 is 0. The van der Waals surface area contributed by atoms with Crippen molar-refractivity contribution in [3.63, 3.8) is 0 Å². The van der Waals surface area contributed by atoms with Crippen LogP contribution in [0, 0.1) is 0 Å². The number of carbonyl (C=O) groups is 2. The molecule has 1 radical (unpaired) electrons. The second-order valence-electron chi connectivity index (χ2n) is 1.01. The molecule has 0 rings (SSSR count). The van der Waals surface area contributed by atoms with E-state index in [-0.39, 0.29) is 51.4 Å². The predicted octanol–water partition coefficient (Wildman–Crippen LogP) is -0.669. The summed E-state index contributed by atoms with van der Waals surface area (Å²) in [6.45, 7) is 0. The van der Waals surface area contributed by atoms with Gasteiger partial charge in [-0.1, -0.05) is 0 Å². The zero-order chi connectivity index (χ0) is 6.57. The van der Waals surface area contributed by atoms with Crippen molar-refractivity contribution < 1.29 is 19.8 Å². The van der Waals surface area contributed by atoms with Crippen LogP contribution in [0.5, 0.6) is 0 Å². The number of carboxylic acids is 2. The van der Waals surface area contributed by atoms with E-state index in [1.165, 1.54) is 0 Å². The van der Waals surface area contributed by atoms with Crippen molar-refractivity contribution >= 4 is 63.3 Å². The van der Waals surface area contributed by atoms with Gasteiger partial charge >= 0.3 is 11.9 Å². The third-order valence-electron chi connectivity index (χ3n) is 0.368. The molecule has 5 heteroatoms. The van der Waals surface area contributed by atoms with Crippen LogP contribution in [0.2, 0.25) is 0 Å². The Morgan fingerprint density at radius 1 is 1.00 bits per heavy atom. The van der Waals surface area contributed by atoms with Crippen LogP contribution in [-0.2, 0) is 9.59 Å². The van der Waals surface area contributed by atoms with Crippen LogP contribution in [0.1, 0.15) is 0 Å². The number of carboxylic acid groups (broad SMARTS) is 2. The molecule has 0 heterocycles. The fraction of sp³-hybridized carbons (Fsp3) is 0. The summed E-state index contributed by atoms with van der Waals surface area (Å²) in [5.74, 6) is -2.51. The average molecular weight is 155 g/mol. The number of hydrogen-bond donors (Lipinski definition) is 2. The van der Waals surface area contributed by atoms with Gasteiger partial charge < -0.3 is 10.2 Å². The van der Waals surface area contributed by atoms with Gasteiger partial charge in [0.15, 0.2) is 0 Å². The standard InChI is InChI=1S/C4H4O4.K/c5-3(6)1-2-4(7)8;/h1-2H,(H,5,6)(H,7,8);. The summed E-state index contributed by atoms with van der Waals surface area (Å²) in [5, 5.41) is 15.6. The minimum atomic E-state index is -1.26. The molecule has 0 aliphatic rings. The number of hydrogen-bond acceptors (Lipinski definition) is 2. The van der Waals surface area contributed by atoms with Crippen LogP contribution in [0.4, 0.5) is 0 Å². The van der Waals surface area contributed by atoms with Crippen molar-refractivity contribution in [2.24, 2.45) is 0 Å². The third kappa shape index (κ3) is 11.7. The summed E-state index contributed by atoms with van der Waals surface area (Å²) in [6.07, 6.45) is 1.12. The van der Waals surface area contributed by atoms with Gasteiger partial charge in [-0.05, 0) is 0 Å². The SMILES string of the molecule is O=C(O)C=CC(=O)O.[K]. The van der Waals surface area contributed by atoms with Gasteiger partial charge in [-0.25, -0.2) is 9.59 Å². The Hall–Kier alpha value is 0.316. The van der Waals surface area contributed by atoms with Gasteiger partial charge in [0.25, 0.3) is 0 Å². The first-order chi connectivity index (χ1) is 3.63. The molecule has 9 heavy (non-hydrogen) atoms. The maximum atomic E-state index is 9.55. The molecule has 0 aliphatic heterocycles. The Balaban J connectivity index is 0. The summed E-state index contributed by atoms with van der Waals surface area (Å²) in [7, 11) is 0. The molecule has 0 unspecified atom stereocenters. The zero-order valence-electron chi connectivity index (χ0n) is 4.87.